The zero-order valence-electron chi connectivity index (χ0n) is 12.2. The topological polar surface area (TPSA) is 70.8 Å². The Balaban J connectivity index is 2.06. The van der Waals surface area contributed by atoms with E-state index in [-0.39, 0.29) is 19.3 Å². The second-order valence-electron chi connectivity index (χ2n) is 4.67. The molecule has 5 nitrogen and oxygen atoms in total. The summed E-state index contributed by atoms with van der Waals surface area (Å²) in [6.07, 6.45) is 0. The van der Waals surface area contributed by atoms with Crippen LogP contribution in [0.4, 0.5) is 0 Å². The molecule has 0 heterocycles. The first-order chi connectivity index (χ1) is 10.1. The molecular formula is C16H19NO4. The summed E-state index contributed by atoms with van der Waals surface area (Å²) in [6.45, 7) is 0.172. The van der Waals surface area contributed by atoms with Crippen LogP contribution in [0.5, 0.6) is 5.75 Å². The number of fused-ring (bicyclic) bond motifs is 1. The van der Waals surface area contributed by atoms with E-state index in [9.17, 15) is 4.79 Å². The Labute approximate surface area is 123 Å². The number of hydrogen-bond donors (Lipinski definition) is 1. The monoisotopic (exact) mass is 289 g/mol. The van der Waals surface area contributed by atoms with Gasteiger partial charge in [-0.15, -0.1) is 0 Å². The third-order valence-electron chi connectivity index (χ3n) is 3.24. The molecule has 0 radical (unpaired) electrons. The molecular weight excluding hydrogens is 270 g/mol. The summed E-state index contributed by atoms with van der Waals surface area (Å²) < 4.78 is 14.9. The molecule has 0 fully saturated rings. The van der Waals surface area contributed by atoms with Crippen LogP contribution in [0, 0.1) is 0 Å². The highest BCUT2D eigenvalue weighted by Gasteiger charge is 2.09. The molecule has 2 aromatic rings. The molecule has 5 heteroatoms. The number of carbonyl (C=O) groups excluding carboxylic acids is 1. The van der Waals surface area contributed by atoms with Gasteiger partial charge in [0.1, 0.15) is 12.4 Å². The van der Waals surface area contributed by atoms with Gasteiger partial charge in [0.25, 0.3) is 0 Å². The van der Waals surface area contributed by atoms with Crippen LogP contribution in [0.1, 0.15) is 11.6 Å². The van der Waals surface area contributed by atoms with E-state index in [2.05, 4.69) is 4.74 Å². The van der Waals surface area contributed by atoms with Gasteiger partial charge < -0.3 is 19.9 Å². The highest BCUT2D eigenvalue weighted by atomic mass is 16.6. The second-order valence-corrected chi connectivity index (χ2v) is 4.67. The predicted molar refractivity (Wildman–Crippen MR) is 80.3 cm³/mol. The molecule has 0 amide bonds. The van der Waals surface area contributed by atoms with Gasteiger partial charge in [0.2, 0.25) is 0 Å². The fourth-order valence-electron chi connectivity index (χ4n) is 2.02. The minimum atomic E-state index is -0.409. The van der Waals surface area contributed by atoms with Gasteiger partial charge in [-0.25, -0.2) is 4.79 Å². The smallest absolute Gasteiger partial charge is 0.331 e. The molecule has 1 unspecified atom stereocenters. The molecule has 2 aromatic carbocycles. The second kappa shape index (κ2) is 7.06. The van der Waals surface area contributed by atoms with Crippen molar-refractivity contribution in [2.45, 2.75) is 6.04 Å². The average molecular weight is 289 g/mol. The SMILES string of the molecule is COC(=O)COCC(N)c1ccc2cc(OC)ccc2c1. The lowest BCUT2D eigenvalue weighted by atomic mass is 10.0. The van der Waals surface area contributed by atoms with E-state index in [0.29, 0.717) is 0 Å². The third kappa shape index (κ3) is 3.93. The number of ether oxygens (including phenoxy) is 3. The molecule has 0 aliphatic heterocycles. The third-order valence-corrected chi connectivity index (χ3v) is 3.24. The largest absolute Gasteiger partial charge is 0.497 e. The van der Waals surface area contributed by atoms with E-state index in [0.717, 1.165) is 22.1 Å². The van der Waals surface area contributed by atoms with Crippen LogP contribution in [0.3, 0.4) is 0 Å². The van der Waals surface area contributed by atoms with Crippen molar-refractivity contribution in [3.63, 3.8) is 0 Å². The van der Waals surface area contributed by atoms with E-state index in [1.54, 1.807) is 7.11 Å². The van der Waals surface area contributed by atoms with Crippen molar-refractivity contribution >= 4 is 16.7 Å². The lowest BCUT2D eigenvalue weighted by molar-refractivity contribution is -0.146. The van der Waals surface area contributed by atoms with Crippen LogP contribution >= 0.6 is 0 Å². The minimum absolute atomic E-state index is 0.0883. The summed E-state index contributed by atoms with van der Waals surface area (Å²) in [7, 11) is 2.97. The quantitative estimate of drug-likeness (QED) is 0.824. The maximum absolute atomic E-state index is 11.0. The van der Waals surface area contributed by atoms with Crippen molar-refractivity contribution in [3.05, 3.63) is 42.0 Å². The number of methoxy groups -OCH3 is 2. The molecule has 2 rings (SSSR count). The van der Waals surface area contributed by atoms with E-state index in [1.807, 2.05) is 36.4 Å². The Morgan fingerprint density at radius 3 is 2.57 bits per heavy atom. The zero-order valence-corrected chi connectivity index (χ0v) is 12.2. The molecule has 112 valence electrons. The lowest BCUT2D eigenvalue weighted by Crippen LogP contribution is -2.20. The summed E-state index contributed by atoms with van der Waals surface area (Å²) in [5.41, 5.74) is 7.02. The molecule has 0 spiro atoms. The molecule has 0 aliphatic rings. The van der Waals surface area contributed by atoms with Crippen molar-refractivity contribution in [1.82, 2.24) is 0 Å². The predicted octanol–water partition coefficient (Wildman–Crippen LogP) is 2.04. The van der Waals surface area contributed by atoms with Gasteiger partial charge in [0.15, 0.2) is 0 Å². The van der Waals surface area contributed by atoms with Crippen molar-refractivity contribution in [3.8, 4) is 5.75 Å². The first-order valence-electron chi connectivity index (χ1n) is 6.62. The summed E-state index contributed by atoms with van der Waals surface area (Å²) in [5.74, 6) is 0.411. The Morgan fingerprint density at radius 2 is 1.86 bits per heavy atom. The standard InChI is InChI=1S/C16H19NO4/c1-19-14-6-5-11-7-13(4-3-12(11)8-14)15(17)9-21-10-16(18)20-2/h3-8,15H,9-10,17H2,1-2H3. The van der Waals surface area contributed by atoms with Gasteiger partial charge in [0, 0.05) is 0 Å². The summed E-state index contributed by atoms with van der Waals surface area (Å²) >= 11 is 0. The molecule has 21 heavy (non-hydrogen) atoms. The molecule has 0 saturated heterocycles. The number of carbonyl (C=O) groups is 1. The van der Waals surface area contributed by atoms with Gasteiger partial charge in [-0.05, 0) is 34.5 Å². The molecule has 2 N–H and O–H groups in total. The maximum atomic E-state index is 11.0. The van der Waals surface area contributed by atoms with Crippen LogP contribution in [-0.4, -0.2) is 33.4 Å². The highest BCUT2D eigenvalue weighted by molar-refractivity contribution is 5.84. The summed E-state index contributed by atoms with van der Waals surface area (Å²) in [5, 5.41) is 2.16. The van der Waals surface area contributed by atoms with Crippen molar-refractivity contribution < 1.29 is 19.0 Å². The first kappa shape index (κ1) is 15.3. The number of hydrogen-bond acceptors (Lipinski definition) is 5. The van der Waals surface area contributed by atoms with E-state index < -0.39 is 5.97 Å². The van der Waals surface area contributed by atoms with Gasteiger partial charge in [0.05, 0.1) is 26.9 Å². The first-order valence-corrected chi connectivity index (χ1v) is 6.62. The molecule has 1 atom stereocenters. The summed E-state index contributed by atoms with van der Waals surface area (Å²) in [4.78, 5) is 11.0. The van der Waals surface area contributed by atoms with Crippen LogP contribution in [-0.2, 0) is 14.3 Å². The van der Waals surface area contributed by atoms with Gasteiger partial charge >= 0.3 is 5.97 Å². The molecule has 0 saturated carbocycles. The fourth-order valence-corrected chi connectivity index (χ4v) is 2.02. The molecule has 0 aromatic heterocycles. The number of esters is 1. The van der Waals surface area contributed by atoms with Crippen LogP contribution in [0.25, 0.3) is 10.8 Å². The lowest BCUT2D eigenvalue weighted by Gasteiger charge is -2.13. The zero-order chi connectivity index (χ0) is 15.2. The molecule has 0 bridgehead atoms. The van der Waals surface area contributed by atoms with Crippen LogP contribution in [0.2, 0.25) is 0 Å². The number of benzene rings is 2. The van der Waals surface area contributed by atoms with Crippen molar-refractivity contribution in [2.75, 3.05) is 27.4 Å². The summed E-state index contributed by atoms with van der Waals surface area (Å²) in [6, 6.07) is 11.5. The fraction of sp³-hybridized carbons (Fsp3) is 0.312. The minimum Gasteiger partial charge on any atom is -0.497 e. The number of rotatable bonds is 6. The van der Waals surface area contributed by atoms with Crippen LogP contribution < -0.4 is 10.5 Å². The highest BCUT2D eigenvalue weighted by Crippen LogP contribution is 2.23. The maximum Gasteiger partial charge on any atom is 0.331 e. The normalized spacial score (nSPS) is 12.1. The van der Waals surface area contributed by atoms with E-state index in [4.69, 9.17) is 15.2 Å². The van der Waals surface area contributed by atoms with Crippen LogP contribution in [0.15, 0.2) is 36.4 Å². The van der Waals surface area contributed by atoms with E-state index in [1.165, 1.54) is 7.11 Å². The Hall–Kier alpha value is -2.11. The average Bonchev–Trinajstić information content (AvgIpc) is 2.53. The van der Waals surface area contributed by atoms with Crippen molar-refractivity contribution in [2.24, 2.45) is 5.73 Å². The van der Waals surface area contributed by atoms with E-state index >= 15 is 0 Å². The Kier molecular flexibility index (Phi) is 5.14. The van der Waals surface area contributed by atoms with Crippen molar-refractivity contribution in [1.29, 1.82) is 0 Å². The Morgan fingerprint density at radius 1 is 1.14 bits per heavy atom. The van der Waals surface area contributed by atoms with Gasteiger partial charge in [-0.2, -0.15) is 0 Å². The van der Waals surface area contributed by atoms with Gasteiger partial charge in [-0.3, -0.25) is 0 Å². The number of nitrogens with two attached hydrogens (primary N) is 1. The Bertz CT molecular complexity index is 627. The molecule has 0 aliphatic carbocycles. The van der Waals surface area contributed by atoms with Gasteiger partial charge in [-0.1, -0.05) is 18.2 Å².